The fourth-order valence-electron chi connectivity index (χ4n) is 3.24. The minimum Gasteiger partial charge on any atom is -0.496 e. The second-order valence-corrected chi connectivity index (χ2v) is 5.99. The summed E-state index contributed by atoms with van der Waals surface area (Å²) in [6.07, 6.45) is 1.34. The third-order valence-electron chi connectivity index (χ3n) is 3.92. The van der Waals surface area contributed by atoms with Crippen molar-refractivity contribution in [3.8, 4) is 5.75 Å². The molecule has 1 saturated heterocycles. The van der Waals surface area contributed by atoms with Crippen molar-refractivity contribution >= 4 is 0 Å². The summed E-state index contributed by atoms with van der Waals surface area (Å²) in [6, 6.07) is 6.26. The van der Waals surface area contributed by atoms with Crippen molar-refractivity contribution in [1.82, 2.24) is 4.90 Å². The maximum Gasteiger partial charge on any atom is 0.123 e. The number of ether oxygens (including phenoxy) is 1. The van der Waals surface area contributed by atoms with Crippen LogP contribution in [0.4, 0.5) is 0 Å². The van der Waals surface area contributed by atoms with E-state index in [0.29, 0.717) is 6.54 Å². The maximum absolute atomic E-state index is 5.73. The zero-order valence-electron chi connectivity index (χ0n) is 12.4. The summed E-state index contributed by atoms with van der Waals surface area (Å²) in [5, 5.41) is 0. The predicted octanol–water partition coefficient (Wildman–Crippen LogP) is 2.63. The topological polar surface area (TPSA) is 38.5 Å². The van der Waals surface area contributed by atoms with E-state index in [0.717, 1.165) is 24.1 Å². The fraction of sp³-hybridized carbons (Fsp3) is 0.625. The molecule has 2 atom stereocenters. The van der Waals surface area contributed by atoms with Crippen LogP contribution in [0.1, 0.15) is 31.4 Å². The maximum atomic E-state index is 5.73. The quantitative estimate of drug-likeness (QED) is 0.906. The number of benzene rings is 1. The van der Waals surface area contributed by atoms with Gasteiger partial charge in [0.05, 0.1) is 7.11 Å². The average Bonchev–Trinajstić information content (AvgIpc) is 2.37. The van der Waals surface area contributed by atoms with E-state index in [4.69, 9.17) is 10.5 Å². The molecule has 0 radical (unpaired) electrons. The lowest BCUT2D eigenvalue weighted by molar-refractivity contribution is 0.133. The van der Waals surface area contributed by atoms with Crippen LogP contribution >= 0.6 is 0 Å². The zero-order valence-corrected chi connectivity index (χ0v) is 12.4. The van der Waals surface area contributed by atoms with E-state index >= 15 is 0 Å². The van der Waals surface area contributed by atoms with Gasteiger partial charge in [-0.05, 0) is 36.0 Å². The molecule has 1 aliphatic rings. The molecule has 1 aliphatic heterocycles. The van der Waals surface area contributed by atoms with Gasteiger partial charge in [-0.25, -0.2) is 0 Å². The highest BCUT2D eigenvalue weighted by atomic mass is 16.5. The van der Waals surface area contributed by atoms with Gasteiger partial charge in [0.25, 0.3) is 0 Å². The second kappa shape index (κ2) is 6.40. The van der Waals surface area contributed by atoms with E-state index in [1.54, 1.807) is 7.11 Å². The van der Waals surface area contributed by atoms with E-state index in [1.165, 1.54) is 30.6 Å². The Kier molecular flexibility index (Phi) is 4.83. The summed E-state index contributed by atoms with van der Waals surface area (Å²) in [7, 11) is 1.74. The molecular formula is C16H26N2O. The van der Waals surface area contributed by atoms with Gasteiger partial charge < -0.3 is 10.5 Å². The van der Waals surface area contributed by atoms with Crippen molar-refractivity contribution in [2.75, 3.05) is 20.2 Å². The van der Waals surface area contributed by atoms with Crippen LogP contribution < -0.4 is 10.5 Å². The Labute approximate surface area is 116 Å². The zero-order chi connectivity index (χ0) is 13.8. The fourth-order valence-corrected chi connectivity index (χ4v) is 3.24. The SMILES string of the molecule is COc1ccc(CN)cc1CN1CC(C)CC(C)C1. The van der Waals surface area contributed by atoms with Crippen LogP contribution in [0, 0.1) is 11.8 Å². The van der Waals surface area contributed by atoms with E-state index in [2.05, 4.69) is 24.8 Å². The number of nitrogens with zero attached hydrogens (tertiary/aromatic N) is 1. The van der Waals surface area contributed by atoms with E-state index < -0.39 is 0 Å². The Morgan fingerprint density at radius 2 is 1.95 bits per heavy atom. The Bertz CT molecular complexity index is 409. The van der Waals surface area contributed by atoms with Gasteiger partial charge in [0.15, 0.2) is 0 Å². The summed E-state index contributed by atoms with van der Waals surface area (Å²) in [5.41, 5.74) is 8.16. The molecule has 0 bridgehead atoms. The first kappa shape index (κ1) is 14.4. The Balaban J connectivity index is 2.12. The number of hydrogen-bond acceptors (Lipinski definition) is 3. The van der Waals surface area contributed by atoms with E-state index in [9.17, 15) is 0 Å². The highest BCUT2D eigenvalue weighted by molar-refractivity contribution is 5.37. The van der Waals surface area contributed by atoms with Crippen molar-refractivity contribution in [1.29, 1.82) is 0 Å². The predicted molar refractivity (Wildman–Crippen MR) is 79.1 cm³/mol. The van der Waals surface area contributed by atoms with Gasteiger partial charge in [0.1, 0.15) is 5.75 Å². The minimum absolute atomic E-state index is 0.587. The molecule has 106 valence electrons. The number of methoxy groups -OCH3 is 1. The smallest absolute Gasteiger partial charge is 0.123 e. The first-order valence-corrected chi connectivity index (χ1v) is 7.20. The van der Waals surface area contributed by atoms with Gasteiger partial charge in [-0.2, -0.15) is 0 Å². The molecule has 1 fully saturated rings. The second-order valence-electron chi connectivity index (χ2n) is 5.99. The molecular weight excluding hydrogens is 236 g/mol. The number of nitrogens with two attached hydrogens (primary N) is 1. The average molecular weight is 262 g/mol. The largest absolute Gasteiger partial charge is 0.496 e. The van der Waals surface area contributed by atoms with Crippen LogP contribution in [0.15, 0.2) is 18.2 Å². The van der Waals surface area contributed by atoms with Crippen LogP contribution in [0.25, 0.3) is 0 Å². The van der Waals surface area contributed by atoms with Crippen LogP contribution in [-0.4, -0.2) is 25.1 Å². The van der Waals surface area contributed by atoms with Crippen LogP contribution in [0.5, 0.6) is 5.75 Å². The summed E-state index contributed by atoms with van der Waals surface area (Å²) in [4.78, 5) is 2.54. The van der Waals surface area contributed by atoms with E-state index in [1.807, 2.05) is 12.1 Å². The normalized spacial score (nSPS) is 24.4. The van der Waals surface area contributed by atoms with Crippen LogP contribution in [-0.2, 0) is 13.1 Å². The molecule has 2 rings (SSSR count). The molecule has 2 unspecified atom stereocenters. The molecule has 19 heavy (non-hydrogen) atoms. The minimum atomic E-state index is 0.587. The van der Waals surface area contributed by atoms with Crippen molar-refractivity contribution in [3.05, 3.63) is 29.3 Å². The van der Waals surface area contributed by atoms with Gasteiger partial charge in [-0.1, -0.05) is 19.9 Å². The Morgan fingerprint density at radius 3 is 2.53 bits per heavy atom. The summed E-state index contributed by atoms with van der Waals surface area (Å²) >= 11 is 0. The number of hydrogen-bond donors (Lipinski definition) is 1. The Morgan fingerprint density at radius 1 is 1.26 bits per heavy atom. The lowest BCUT2D eigenvalue weighted by Crippen LogP contribution is -2.38. The van der Waals surface area contributed by atoms with Crippen molar-refractivity contribution in [2.45, 2.75) is 33.4 Å². The van der Waals surface area contributed by atoms with Crippen molar-refractivity contribution in [3.63, 3.8) is 0 Å². The first-order chi connectivity index (χ1) is 9.12. The van der Waals surface area contributed by atoms with Crippen LogP contribution in [0.2, 0.25) is 0 Å². The summed E-state index contributed by atoms with van der Waals surface area (Å²) in [5.74, 6) is 2.54. The summed E-state index contributed by atoms with van der Waals surface area (Å²) in [6.45, 7) is 8.60. The van der Waals surface area contributed by atoms with Crippen molar-refractivity contribution in [2.24, 2.45) is 17.6 Å². The standard InChI is InChI=1S/C16H26N2O/c1-12-6-13(2)10-18(9-12)11-15-7-14(8-17)4-5-16(15)19-3/h4-5,7,12-13H,6,8-11,17H2,1-3H3. The lowest BCUT2D eigenvalue weighted by Gasteiger charge is -2.35. The molecule has 0 aromatic heterocycles. The highest BCUT2D eigenvalue weighted by Gasteiger charge is 2.22. The van der Waals surface area contributed by atoms with Crippen LogP contribution in [0.3, 0.4) is 0 Å². The summed E-state index contributed by atoms with van der Waals surface area (Å²) < 4.78 is 5.47. The number of likely N-dealkylation sites (tertiary alicyclic amines) is 1. The van der Waals surface area contributed by atoms with Gasteiger partial charge in [-0.15, -0.1) is 0 Å². The van der Waals surface area contributed by atoms with E-state index in [-0.39, 0.29) is 0 Å². The highest BCUT2D eigenvalue weighted by Crippen LogP contribution is 2.26. The number of rotatable bonds is 4. The third-order valence-corrected chi connectivity index (χ3v) is 3.92. The molecule has 1 heterocycles. The molecule has 0 saturated carbocycles. The molecule has 2 N–H and O–H groups in total. The molecule has 0 spiro atoms. The number of piperidine rings is 1. The molecule has 1 aromatic rings. The molecule has 1 aromatic carbocycles. The Hall–Kier alpha value is -1.06. The van der Waals surface area contributed by atoms with Crippen molar-refractivity contribution < 1.29 is 4.74 Å². The van der Waals surface area contributed by atoms with Gasteiger partial charge in [0.2, 0.25) is 0 Å². The first-order valence-electron chi connectivity index (χ1n) is 7.20. The molecule has 3 heteroatoms. The molecule has 3 nitrogen and oxygen atoms in total. The van der Waals surface area contributed by atoms with Gasteiger partial charge in [0, 0.05) is 31.7 Å². The third kappa shape index (κ3) is 3.71. The van der Waals surface area contributed by atoms with Gasteiger partial charge >= 0.3 is 0 Å². The lowest BCUT2D eigenvalue weighted by atomic mass is 9.91. The monoisotopic (exact) mass is 262 g/mol. The molecule has 0 aliphatic carbocycles. The van der Waals surface area contributed by atoms with Gasteiger partial charge in [-0.3, -0.25) is 4.90 Å². The molecule has 0 amide bonds.